The van der Waals surface area contributed by atoms with Gasteiger partial charge in [-0.2, -0.15) is 0 Å². The van der Waals surface area contributed by atoms with Crippen LogP contribution in [0.15, 0.2) is 15.9 Å². The van der Waals surface area contributed by atoms with Gasteiger partial charge in [0, 0.05) is 10.9 Å². The zero-order valence-corrected chi connectivity index (χ0v) is 13.1. The number of hydrogen-bond donors (Lipinski definition) is 1. The van der Waals surface area contributed by atoms with E-state index in [1.54, 1.807) is 4.88 Å². The largest absolute Gasteiger partial charge is 0.314 e. The fraction of sp³-hybridized carbons (Fsp3) is 0.714. The minimum Gasteiger partial charge on any atom is -0.314 e. The minimum absolute atomic E-state index is 0.618. The molecular formula is C14H22BrNS. The van der Waals surface area contributed by atoms with E-state index in [4.69, 9.17) is 0 Å². The van der Waals surface area contributed by atoms with Crippen LogP contribution in [-0.2, 0) is 6.42 Å². The maximum absolute atomic E-state index is 3.60. The summed E-state index contributed by atoms with van der Waals surface area (Å²) in [5.41, 5.74) is 0. The van der Waals surface area contributed by atoms with E-state index < -0.39 is 0 Å². The first-order chi connectivity index (χ1) is 8.15. The van der Waals surface area contributed by atoms with Crippen molar-refractivity contribution in [3.8, 4) is 0 Å². The topological polar surface area (TPSA) is 12.0 Å². The van der Waals surface area contributed by atoms with Gasteiger partial charge in [-0.15, -0.1) is 11.3 Å². The van der Waals surface area contributed by atoms with E-state index in [9.17, 15) is 0 Å². The van der Waals surface area contributed by atoms with Crippen LogP contribution in [0.3, 0.4) is 0 Å². The van der Waals surface area contributed by atoms with E-state index >= 15 is 0 Å². The Labute approximate surface area is 117 Å². The summed E-state index contributed by atoms with van der Waals surface area (Å²) in [5.74, 6) is 1.78. The Morgan fingerprint density at radius 2 is 2.12 bits per heavy atom. The smallest absolute Gasteiger partial charge is 0.0701 e. The lowest BCUT2D eigenvalue weighted by molar-refractivity contribution is 0.355. The summed E-state index contributed by atoms with van der Waals surface area (Å²) >= 11 is 5.45. The van der Waals surface area contributed by atoms with Crippen LogP contribution in [-0.4, -0.2) is 12.6 Å². The second kappa shape index (κ2) is 6.35. The molecule has 1 fully saturated rings. The molecule has 1 aromatic rings. The van der Waals surface area contributed by atoms with Gasteiger partial charge in [0.15, 0.2) is 0 Å². The molecule has 17 heavy (non-hydrogen) atoms. The lowest BCUT2D eigenvalue weighted by Gasteiger charge is -2.20. The summed E-state index contributed by atoms with van der Waals surface area (Å²) in [7, 11) is 0. The quantitative estimate of drug-likeness (QED) is 0.845. The lowest BCUT2D eigenvalue weighted by atomic mass is 9.92. The minimum atomic E-state index is 0.618. The van der Waals surface area contributed by atoms with Crippen molar-refractivity contribution in [3.63, 3.8) is 0 Å². The SMILES string of the molecule is CC(C)NCC1CCCC1Cc1ccc(Br)s1. The van der Waals surface area contributed by atoms with Crippen molar-refractivity contribution >= 4 is 27.3 Å². The Morgan fingerprint density at radius 1 is 1.35 bits per heavy atom. The van der Waals surface area contributed by atoms with Crippen molar-refractivity contribution in [2.24, 2.45) is 11.8 Å². The van der Waals surface area contributed by atoms with E-state index in [1.165, 1.54) is 36.0 Å². The Balaban J connectivity index is 1.86. The van der Waals surface area contributed by atoms with Gasteiger partial charge in [0.2, 0.25) is 0 Å². The molecule has 0 amide bonds. The number of thiophene rings is 1. The van der Waals surface area contributed by atoms with Crippen LogP contribution in [0.4, 0.5) is 0 Å². The maximum Gasteiger partial charge on any atom is 0.0701 e. The number of halogens is 1. The standard InChI is InChI=1S/C14H22BrNS/c1-10(2)16-9-12-5-3-4-11(12)8-13-6-7-14(15)17-13/h6-7,10-12,16H,3-5,8-9H2,1-2H3. The van der Waals surface area contributed by atoms with E-state index in [2.05, 4.69) is 47.2 Å². The molecule has 96 valence electrons. The molecule has 0 aliphatic heterocycles. The Morgan fingerprint density at radius 3 is 2.76 bits per heavy atom. The molecule has 3 heteroatoms. The fourth-order valence-electron chi connectivity index (χ4n) is 2.76. The first-order valence-corrected chi connectivity index (χ1v) is 8.23. The highest BCUT2D eigenvalue weighted by atomic mass is 79.9. The van der Waals surface area contributed by atoms with Gasteiger partial charge in [0.1, 0.15) is 0 Å². The third-order valence-electron chi connectivity index (χ3n) is 3.70. The predicted molar refractivity (Wildman–Crippen MR) is 79.7 cm³/mol. The van der Waals surface area contributed by atoms with Crippen LogP contribution < -0.4 is 5.32 Å². The zero-order valence-electron chi connectivity index (χ0n) is 10.7. The van der Waals surface area contributed by atoms with Gasteiger partial charge in [-0.1, -0.05) is 20.3 Å². The summed E-state index contributed by atoms with van der Waals surface area (Å²) in [6.07, 6.45) is 5.53. The highest BCUT2D eigenvalue weighted by Gasteiger charge is 2.27. The zero-order chi connectivity index (χ0) is 12.3. The highest BCUT2D eigenvalue weighted by Crippen LogP contribution is 2.36. The molecule has 0 aromatic carbocycles. The molecule has 1 nitrogen and oxygen atoms in total. The van der Waals surface area contributed by atoms with Crippen LogP contribution in [0.25, 0.3) is 0 Å². The molecule has 1 saturated carbocycles. The number of rotatable bonds is 5. The maximum atomic E-state index is 3.60. The average molecular weight is 316 g/mol. The van der Waals surface area contributed by atoms with Crippen LogP contribution >= 0.6 is 27.3 Å². The van der Waals surface area contributed by atoms with Crippen molar-refractivity contribution in [2.45, 2.75) is 45.6 Å². The van der Waals surface area contributed by atoms with Crippen LogP contribution in [0.5, 0.6) is 0 Å². The van der Waals surface area contributed by atoms with Gasteiger partial charge in [-0.05, 0) is 65.7 Å². The average Bonchev–Trinajstić information content (AvgIpc) is 2.86. The number of hydrogen-bond acceptors (Lipinski definition) is 2. The first-order valence-electron chi connectivity index (χ1n) is 6.62. The Hall–Kier alpha value is 0.140. The molecule has 0 spiro atoms. The lowest BCUT2D eigenvalue weighted by Crippen LogP contribution is -2.31. The highest BCUT2D eigenvalue weighted by molar-refractivity contribution is 9.11. The third kappa shape index (κ3) is 4.08. The summed E-state index contributed by atoms with van der Waals surface area (Å²) in [5, 5.41) is 3.60. The van der Waals surface area contributed by atoms with Gasteiger partial charge in [-0.25, -0.2) is 0 Å². The summed E-state index contributed by atoms with van der Waals surface area (Å²) in [4.78, 5) is 1.54. The first kappa shape index (κ1) is 13.6. The monoisotopic (exact) mass is 315 g/mol. The summed E-state index contributed by atoms with van der Waals surface area (Å²) in [6.45, 7) is 5.68. The van der Waals surface area contributed by atoms with Crippen molar-refractivity contribution in [1.29, 1.82) is 0 Å². The van der Waals surface area contributed by atoms with E-state index in [0.717, 1.165) is 11.8 Å². The van der Waals surface area contributed by atoms with Gasteiger partial charge in [-0.3, -0.25) is 0 Å². The Bertz CT molecular complexity index is 348. The molecule has 1 aliphatic rings. The van der Waals surface area contributed by atoms with Crippen molar-refractivity contribution in [1.82, 2.24) is 5.32 Å². The molecular weight excluding hydrogens is 294 g/mol. The third-order valence-corrected chi connectivity index (χ3v) is 5.34. The van der Waals surface area contributed by atoms with Gasteiger partial charge >= 0.3 is 0 Å². The molecule has 1 aliphatic carbocycles. The summed E-state index contributed by atoms with van der Waals surface area (Å²) in [6, 6.07) is 5.07. The second-order valence-electron chi connectivity index (χ2n) is 5.42. The fourth-order valence-corrected chi connectivity index (χ4v) is 4.33. The van der Waals surface area contributed by atoms with Gasteiger partial charge in [0.05, 0.1) is 3.79 Å². The molecule has 0 saturated heterocycles. The van der Waals surface area contributed by atoms with Crippen molar-refractivity contribution in [2.75, 3.05) is 6.54 Å². The Kier molecular flexibility index (Phi) is 5.07. The molecule has 2 atom stereocenters. The van der Waals surface area contributed by atoms with E-state index in [-0.39, 0.29) is 0 Å². The van der Waals surface area contributed by atoms with Crippen LogP contribution in [0, 0.1) is 11.8 Å². The molecule has 1 heterocycles. The van der Waals surface area contributed by atoms with E-state index in [1.807, 2.05) is 11.3 Å². The van der Waals surface area contributed by atoms with Crippen molar-refractivity contribution < 1.29 is 0 Å². The van der Waals surface area contributed by atoms with Crippen LogP contribution in [0.2, 0.25) is 0 Å². The molecule has 1 aromatic heterocycles. The molecule has 1 N–H and O–H groups in total. The van der Waals surface area contributed by atoms with Crippen LogP contribution in [0.1, 0.15) is 38.0 Å². The molecule has 0 radical (unpaired) electrons. The van der Waals surface area contributed by atoms with Crippen molar-refractivity contribution in [3.05, 3.63) is 20.8 Å². The van der Waals surface area contributed by atoms with Gasteiger partial charge in [0.25, 0.3) is 0 Å². The normalized spacial score (nSPS) is 24.7. The summed E-state index contributed by atoms with van der Waals surface area (Å²) < 4.78 is 1.27. The predicted octanol–water partition coefficient (Wildman–Crippen LogP) is 4.47. The molecule has 2 rings (SSSR count). The number of nitrogens with one attached hydrogen (secondary N) is 1. The molecule has 2 unspecified atom stereocenters. The van der Waals surface area contributed by atoms with Gasteiger partial charge < -0.3 is 5.32 Å². The second-order valence-corrected chi connectivity index (χ2v) is 7.97. The van der Waals surface area contributed by atoms with E-state index in [0.29, 0.717) is 6.04 Å². The molecule has 0 bridgehead atoms.